The lowest BCUT2D eigenvalue weighted by Crippen LogP contribution is -2.58. The third-order valence-corrected chi connectivity index (χ3v) is 15.2. The third-order valence-electron chi connectivity index (χ3n) is 14.2. The Bertz CT molecular complexity index is 2480. The summed E-state index contributed by atoms with van der Waals surface area (Å²) in [5.74, 6) is -1.36. The van der Waals surface area contributed by atoms with Crippen molar-refractivity contribution in [1.29, 1.82) is 0 Å². The molecule has 0 unspecified atom stereocenters. The van der Waals surface area contributed by atoms with E-state index >= 15 is 0 Å². The molecule has 0 bridgehead atoms. The van der Waals surface area contributed by atoms with Crippen LogP contribution in [-0.4, -0.2) is 137 Å². The van der Waals surface area contributed by atoms with Crippen LogP contribution >= 0.6 is 11.8 Å². The average molecular weight is 989 g/mol. The van der Waals surface area contributed by atoms with Crippen LogP contribution in [0.2, 0.25) is 0 Å². The zero-order chi connectivity index (χ0) is 49.9. The van der Waals surface area contributed by atoms with E-state index in [1.807, 2.05) is 78.6 Å². The van der Waals surface area contributed by atoms with E-state index in [9.17, 15) is 19.2 Å². The molecule has 9 atom stereocenters. The van der Waals surface area contributed by atoms with Crippen molar-refractivity contribution in [3.05, 3.63) is 114 Å². The van der Waals surface area contributed by atoms with Gasteiger partial charge >= 0.3 is 0 Å². The number of hydrogen-bond donors (Lipinski definition) is 5. The largest absolute Gasteiger partial charge is 0.369 e. The van der Waals surface area contributed by atoms with Gasteiger partial charge in [-0.1, -0.05) is 91.0 Å². The first-order valence-corrected chi connectivity index (χ1v) is 25.8. The van der Waals surface area contributed by atoms with Crippen LogP contribution in [0.4, 0.5) is 0 Å². The van der Waals surface area contributed by atoms with Crippen LogP contribution in [0.3, 0.4) is 0 Å². The molecule has 0 spiro atoms. The van der Waals surface area contributed by atoms with Gasteiger partial charge in [-0.15, -0.1) is 10.2 Å². The standard InChI is InChI=1S/C51H68N14O5S/c1-5-43(52)48(67)56-46-37(23-24-39-25-26-40(65(39)50(46)69)28-54-45(35-16-9-6-10-17-35)36-18-11-7-12-19-36)29-62-30-38(57-60-62)32-70-34(3)44(55-47(66)33(2)53-4)49(68)63-27-15-20-41(63)31-64-51(58-59-61-64)71-42-21-13-8-14-22-42/h6-14,16-19,21-22,30,33-34,37,39-41,43-46,53-54H,5,15,20,23-29,31-32,52H2,1-4H3,(H,55,66)(H,56,67)/t33-,34+,37+,39-,40-,41-,43-,44-,46-/m0/s1. The second-order valence-electron chi connectivity index (χ2n) is 19.0. The van der Waals surface area contributed by atoms with Crippen molar-refractivity contribution >= 4 is 35.4 Å². The van der Waals surface area contributed by atoms with Crippen molar-refractivity contribution in [2.24, 2.45) is 11.7 Å². The Morgan fingerprint density at radius 3 is 2.23 bits per heavy atom. The maximum absolute atomic E-state index is 14.9. The fourth-order valence-electron chi connectivity index (χ4n) is 10.0. The molecule has 378 valence electrons. The van der Waals surface area contributed by atoms with Crippen LogP contribution in [0.5, 0.6) is 0 Å². The molecule has 6 N–H and O–H groups in total. The molecule has 8 rings (SSSR count). The second-order valence-corrected chi connectivity index (χ2v) is 20.0. The van der Waals surface area contributed by atoms with Gasteiger partial charge in [0.1, 0.15) is 17.8 Å². The summed E-state index contributed by atoms with van der Waals surface area (Å²) in [6.07, 6.45) is 6.14. The van der Waals surface area contributed by atoms with Crippen LogP contribution in [-0.2, 0) is 43.6 Å². The summed E-state index contributed by atoms with van der Waals surface area (Å²) >= 11 is 1.45. The Balaban J connectivity index is 0.935. The van der Waals surface area contributed by atoms with Gasteiger partial charge in [0.15, 0.2) is 0 Å². The zero-order valence-corrected chi connectivity index (χ0v) is 41.9. The van der Waals surface area contributed by atoms with Crippen LogP contribution < -0.4 is 27.0 Å². The van der Waals surface area contributed by atoms with E-state index in [-0.39, 0.29) is 60.3 Å². The number of aromatic nitrogens is 7. The molecule has 4 amide bonds. The molecule has 2 aromatic heterocycles. The Kier molecular flexibility index (Phi) is 17.6. The highest BCUT2D eigenvalue weighted by molar-refractivity contribution is 7.99. The Hall–Kier alpha value is -6.06. The summed E-state index contributed by atoms with van der Waals surface area (Å²) in [7, 11) is 1.69. The number of benzene rings is 3. The van der Waals surface area contributed by atoms with Crippen molar-refractivity contribution < 1.29 is 23.9 Å². The summed E-state index contributed by atoms with van der Waals surface area (Å²) in [6, 6.07) is 27.0. The summed E-state index contributed by atoms with van der Waals surface area (Å²) in [5.41, 5.74) is 9.03. The predicted octanol–water partition coefficient (Wildman–Crippen LogP) is 3.48. The maximum Gasteiger partial charge on any atom is 0.248 e. The first-order valence-electron chi connectivity index (χ1n) is 25.0. The maximum atomic E-state index is 14.9. The van der Waals surface area contributed by atoms with E-state index in [4.69, 9.17) is 10.5 Å². The van der Waals surface area contributed by atoms with Crippen LogP contribution in [0, 0.1) is 5.92 Å². The van der Waals surface area contributed by atoms with Gasteiger partial charge in [0.25, 0.3) is 0 Å². The molecule has 3 aliphatic rings. The highest BCUT2D eigenvalue weighted by Gasteiger charge is 2.46. The lowest BCUT2D eigenvalue weighted by atomic mass is 9.92. The molecule has 19 nitrogen and oxygen atoms in total. The summed E-state index contributed by atoms with van der Waals surface area (Å²) in [6.45, 7) is 7.15. The first kappa shape index (κ1) is 51.3. The topological polar surface area (TPSA) is 232 Å². The molecule has 3 saturated heterocycles. The van der Waals surface area contributed by atoms with Crippen molar-refractivity contribution in [2.45, 2.75) is 150 Å². The number of likely N-dealkylation sites (tertiary alicyclic amines) is 1. The number of nitrogens with zero attached hydrogens (tertiary/aromatic N) is 9. The smallest absolute Gasteiger partial charge is 0.248 e. The predicted molar refractivity (Wildman–Crippen MR) is 267 cm³/mol. The minimum atomic E-state index is -1.01. The van der Waals surface area contributed by atoms with Gasteiger partial charge in [-0.2, -0.15) is 0 Å². The summed E-state index contributed by atoms with van der Waals surface area (Å²) < 4.78 is 9.76. The Labute approximate surface area is 419 Å². The van der Waals surface area contributed by atoms with Crippen molar-refractivity contribution in [3.8, 4) is 0 Å². The first-order chi connectivity index (χ1) is 34.5. The van der Waals surface area contributed by atoms with Gasteiger partial charge in [0.05, 0.1) is 49.6 Å². The van der Waals surface area contributed by atoms with Crippen LogP contribution in [0.25, 0.3) is 0 Å². The normalized spacial score (nSPS) is 21.9. The van der Waals surface area contributed by atoms with Gasteiger partial charge in [-0.05, 0) is 111 Å². The molecule has 0 saturated carbocycles. The van der Waals surface area contributed by atoms with Gasteiger partial charge in [0, 0.05) is 42.5 Å². The monoisotopic (exact) mass is 989 g/mol. The van der Waals surface area contributed by atoms with Crippen LogP contribution in [0.15, 0.2) is 107 Å². The molecular formula is C51H68N14O5S. The molecule has 3 aliphatic heterocycles. The molecule has 5 aromatic rings. The van der Waals surface area contributed by atoms with Crippen molar-refractivity contribution in [2.75, 3.05) is 20.1 Å². The van der Waals surface area contributed by atoms with Crippen LogP contribution in [0.1, 0.15) is 88.6 Å². The fraction of sp³-hybridized carbons (Fsp3) is 0.510. The van der Waals surface area contributed by atoms with E-state index < -0.39 is 30.3 Å². The fourth-order valence-corrected chi connectivity index (χ4v) is 10.8. The van der Waals surface area contributed by atoms with Crippen molar-refractivity contribution in [1.82, 2.24) is 66.3 Å². The van der Waals surface area contributed by atoms with E-state index in [2.05, 4.69) is 71.4 Å². The highest BCUT2D eigenvalue weighted by Crippen LogP contribution is 2.35. The number of carbonyl (C=O) groups is 4. The van der Waals surface area contributed by atoms with Gasteiger partial charge in [-0.3, -0.25) is 23.9 Å². The number of tetrazole rings is 1. The number of hydrogen-bond acceptors (Lipinski definition) is 14. The van der Waals surface area contributed by atoms with E-state index in [0.717, 1.165) is 48.1 Å². The molecular weight excluding hydrogens is 921 g/mol. The number of nitrogens with two attached hydrogens (primary N) is 1. The minimum absolute atomic E-state index is 0.00310. The van der Waals surface area contributed by atoms with E-state index in [1.54, 1.807) is 41.4 Å². The number of nitrogens with one attached hydrogen (secondary N) is 4. The number of ether oxygens (including phenoxy) is 1. The molecule has 20 heteroatoms. The molecule has 3 fully saturated rings. The number of carbonyl (C=O) groups excluding carboxylic acids is 4. The van der Waals surface area contributed by atoms with Gasteiger partial charge in [-0.25, -0.2) is 4.68 Å². The number of likely N-dealkylation sites (N-methyl/N-ethyl adjacent to an activating group) is 1. The number of rotatable bonds is 22. The molecule has 0 aliphatic carbocycles. The molecule has 3 aromatic carbocycles. The second kappa shape index (κ2) is 24.4. The molecule has 0 radical (unpaired) electrons. The Morgan fingerprint density at radius 2 is 1.54 bits per heavy atom. The van der Waals surface area contributed by atoms with Gasteiger partial charge in [0.2, 0.25) is 28.8 Å². The highest BCUT2D eigenvalue weighted by atomic mass is 32.2. The lowest BCUT2D eigenvalue weighted by Gasteiger charge is -2.34. The van der Waals surface area contributed by atoms with Gasteiger partial charge < -0.3 is 41.5 Å². The quantitative estimate of drug-likeness (QED) is 0.0669. The molecule has 5 heterocycles. The lowest BCUT2D eigenvalue weighted by molar-refractivity contribution is -0.142. The average Bonchev–Trinajstić information content (AvgIpc) is 4.23. The summed E-state index contributed by atoms with van der Waals surface area (Å²) in [5, 5.41) is 34.7. The van der Waals surface area contributed by atoms with E-state index in [1.165, 1.54) is 11.8 Å². The van der Waals surface area contributed by atoms with E-state index in [0.29, 0.717) is 49.9 Å². The zero-order valence-electron chi connectivity index (χ0n) is 41.0. The minimum Gasteiger partial charge on any atom is -0.369 e. The number of amides is 4. The Morgan fingerprint density at radius 1 is 0.845 bits per heavy atom. The molecule has 71 heavy (non-hydrogen) atoms. The van der Waals surface area contributed by atoms with Crippen molar-refractivity contribution in [3.63, 3.8) is 0 Å². The number of fused-ring (bicyclic) bond motifs is 1. The third kappa shape index (κ3) is 12.7. The summed E-state index contributed by atoms with van der Waals surface area (Å²) in [4.78, 5) is 61.1. The SMILES string of the molecule is CC[C@H](N)C(=O)N[C@@H]1C(=O)N2[C@@H](CC[C@@H]1Cn1cc(CO[C@H](C)[C@H](NC(=O)[C@H](C)NC)C(=O)N3CCC[C@H]3Cn3nnnc3Sc3ccccc3)nn1)CC[C@H]2CNC(c1ccccc1)c1ccccc1.